The van der Waals surface area contributed by atoms with Crippen LogP contribution >= 0.6 is 0 Å². The second kappa shape index (κ2) is 10.3. The first-order valence-corrected chi connectivity index (χ1v) is 10.5. The quantitative estimate of drug-likeness (QED) is 0.460. The van der Waals surface area contributed by atoms with Crippen LogP contribution in [-0.2, 0) is 23.8 Å². The number of carbonyl (C=O) groups excluding carboxylic acids is 3. The van der Waals surface area contributed by atoms with Crippen molar-refractivity contribution in [3.63, 3.8) is 0 Å². The van der Waals surface area contributed by atoms with Gasteiger partial charge in [0.1, 0.15) is 5.75 Å². The number of benzene rings is 1. The number of ether oxygens (including phenoxy) is 4. The molecule has 0 fully saturated rings. The molecule has 0 spiro atoms. The van der Waals surface area contributed by atoms with Gasteiger partial charge in [0.2, 0.25) is 23.1 Å². The van der Waals surface area contributed by atoms with Crippen LogP contribution in [0.2, 0.25) is 0 Å². The molecule has 1 aromatic carbocycles. The molecule has 0 atom stereocenters. The molecule has 3 rings (SSSR count). The Morgan fingerprint density at radius 3 is 1.97 bits per heavy atom. The minimum atomic E-state index is -0.351. The largest absolute Gasteiger partial charge is 0.494 e. The standard InChI is InChI=1S/C24H28O7/c1-4-30-24(27)16-7-9-17(10-8-16)31-14-13-15-5-11-18-19(12-6-15)21(26)23(29-3)22(28-2)20(18)25/h7-10,15H,4-6,11-14H2,1-3H3. The van der Waals surface area contributed by atoms with E-state index in [1.54, 1.807) is 31.2 Å². The Hall–Kier alpha value is -3.09. The first kappa shape index (κ1) is 22.6. The smallest absolute Gasteiger partial charge is 0.338 e. The summed E-state index contributed by atoms with van der Waals surface area (Å²) in [6, 6.07) is 6.87. The summed E-state index contributed by atoms with van der Waals surface area (Å²) in [7, 11) is 2.75. The maximum absolute atomic E-state index is 12.8. The van der Waals surface area contributed by atoms with Gasteiger partial charge >= 0.3 is 5.97 Å². The van der Waals surface area contributed by atoms with E-state index in [0.717, 1.165) is 19.3 Å². The molecule has 0 aromatic heterocycles. The van der Waals surface area contributed by atoms with E-state index in [4.69, 9.17) is 18.9 Å². The van der Waals surface area contributed by atoms with E-state index in [0.29, 0.717) is 54.4 Å². The van der Waals surface area contributed by atoms with Crippen molar-refractivity contribution in [2.45, 2.75) is 39.0 Å². The average Bonchev–Trinajstić information content (AvgIpc) is 3.00. The minimum absolute atomic E-state index is 0.000649. The van der Waals surface area contributed by atoms with E-state index in [1.165, 1.54) is 14.2 Å². The van der Waals surface area contributed by atoms with Crippen molar-refractivity contribution >= 4 is 17.5 Å². The van der Waals surface area contributed by atoms with Crippen molar-refractivity contribution in [3.05, 3.63) is 52.5 Å². The Kier molecular flexibility index (Phi) is 7.50. The summed E-state index contributed by atoms with van der Waals surface area (Å²) in [6.07, 6.45) is 3.51. The lowest BCUT2D eigenvalue weighted by Gasteiger charge is -2.20. The predicted octanol–water partition coefficient (Wildman–Crippen LogP) is 3.78. The van der Waals surface area contributed by atoms with Crippen LogP contribution < -0.4 is 4.74 Å². The molecule has 0 bridgehead atoms. The SMILES string of the molecule is CCOC(=O)c1ccc(OCCC2CCC3=C(CC2)C(=O)C(OC)=C(OC)C3=O)cc1. The maximum Gasteiger partial charge on any atom is 0.338 e. The number of methoxy groups -OCH3 is 2. The Bertz CT molecular complexity index is 868. The van der Waals surface area contributed by atoms with Crippen molar-refractivity contribution in [2.75, 3.05) is 27.4 Å². The molecule has 0 saturated carbocycles. The van der Waals surface area contributed by atoms with E-state index < -0.39 is 0 Å². The molecule has 0 unspecified atom stereocenters. The van der Waals surface area contributed by atoms with Gasteiger partial charge < -0.3 is 18.9 Å². The molecule has 31 heavy (non-hydrogen) atoms. The summed E-state index contributed by atoms with van der Waals surface area (Å²) in [6.45, 7) is 2.62. The van der Waals surface area contributed by atoms with E-state index in [-0.39, 0.29) is 29.1 Å². The summed E-state index contributed by atoms with van der Waals surface area (Å²) in [5, 5.41) is 0. The average molecular weight is 428 g/mol. The van der Waals surface area contributed by atoms with Gasteiger partial charge in [-0.3, -0.25) is 9.59 Å². The molecular formula is C24H28O7. The highest BCUT2D eigenvalue weighted by atomic mass is 16.5. The molecule has 7 heteroatoms. The first-order chi connectivity index (χ1) is 15.0. The van der Waals surface area contributed by atoms with Gasteiger partial charge in [-0.1, -0.05) is 0 Å². The van der Waals surface area contributed by atoms with Crippen LogP contribution in [0.5, 0.6) is 5.75 Å². The molecule has 0 heterocycles. The summed E-state index contributed by atoms with van der Waals surface area (Å²) in [4.78, 5) is 37.2. The van der Waals surface area contributed by atoms with Crippen molar-refractivity contribution < 1.29 is 33.3 Å². The van der Waals surface area contributed by atoms with Crippen LogP contribution in [0.4, 0.5) is 0 Å². The number of hydrogen-bond acceptors (Lipinski definition) is 7. The molecule has 0 aliphatic heterocycles. The predicted molar refractivity (Wildman–Crippen MR) is 113 cm³/mol. The highest BCUT2D eigenvalue weighted by molar-refractivity contribution is 6.23. The Balaban J connectivity index is 1.54. The Morgan fingerprint density at radius 1 is 0.935 bits per heavy atom. The molecule has 0 saturated heterocycles. The summed E-state index contributed by atoms with van der Waals surface area (Å²) in [5.41, 5.74) is 1.60. The van der Waals surface area contributed by atoms with Crippen molar-refractivity contribution in [1.29, 1.82) is 0 Å². The first-order valence-electron chi connectivity index (χ1n) is 10.5. The highest BCUT2D eigenvalue weighted by Gasteiger charge is 2.37. The fourth-order valence-corrected chi connectivity index (χ4v) is 4.03. The Labute approximate surface area is 182 Å². The van der Waals surface area contributed by atoms with Crippen LogP contribution in [0, 0.1) is 5.92 Å². The number of ketones is 2. The maximum atomic E-state index is 12.8. The van der Waals surface area contributed by atoms with Crippen molar-refractivity contribution in [1.82, 2.24) is 0 Å². The van der Waals surface area contributed by atoms with Gasteiger partial charge in [0, 0.05) is 11.1 Å². The van der Waals surface area contributed by atoms with Gasteiger partial charge in [-0.2, -0.15) is 0 Å². The zero-order valence-corrected chi connectivity index (χ0v) is 18.2. The number of carbonyl (C=O) groups is 3. The zero-order chi connectivity index (χ0) is 22.4. The van der Waals surface area contributed by atoms with Crippen LogP contribution in [0.1, 0.15) is 49.4 Å². The van der Waals surface area contributed by atoms with Gasteiger partial charge in [-0.25, -0.2) is 4.79 Å². The summed E-state index contributed by atoms with van der Waals surface area (Å²) in [5.74, 6) is 0.180. The highest BCUT2D eigenvalue weighted by Crippen LogP contribution is 2.36. The molecule has 0 amide bonds. The third-order valence-electron chi connectivity index (χ3n) is 5.70. The minimum Gasteiger partial charge on any atom is -0.494 e. The molecule has 1 aromatic rings. The molecule has 2 aliphatic carbocycles. The zero-order valence-electron chi connectivity index (χ0n) is 18.2. The normalized spacial score (nSPS) is 17.3. The number of allylic oxidation sites excluding steroid dienone is 2. The number of hydrogen-bond donors (Lipinski definition) is 0. The second-order valence-electron chi connectivity index (χ2n) is 7.51. The van der Waals surface area contributed by atoms with Gasteiger partial charge in [0.15, 0.2) is 0 Å². The van der Waals surface area contributed by atoms with E-state index >= 15 is 0 Å². The topological polar surface area (TPSA) is 88.1 Å². The van der Waals surface area contributed by atoms with E-state index in [1.807, 2.05) is 0 Å². The monoisotopic (exact) mass is 428 g/mol. The lowest BCUT2D eigenvalue weighted by atomic mass is 9.89. The van der Waals surface area contributed by atoms with E-state index in [9.17, 15) is 14.4 Å². The van der Waals surface area contributed by atoms with E-state index in [2.05, 4.69) is 0 Å². The van der Waals surface area contributed by atoms with Crippen LogP contribution in [0.15, 0.2) is 46.9 Å². The summed E-state index contributed by atoms with van der Waals surface area (Å²) < 4.78 is 21.1. The molecule has 7 nitrogen and oxygen atoms in total. The van der Waals surface area contributed by atoms with Crippen LogP contribution in [-0.4, -0.2) is 45.0 Å². The van der Waals surface area contributed by atoms with Crippen molar-refractivity contribution in [2.24, 2.45) is 5.92 Å². The third-order valence-corrected chi connectivity index (χ3v) is 5.70. The number of esters is 1. The Morgan fingerprint density at radius 2 is 1.48 bits per heavy atom. The molecule has 0 N–H and O–H groups in total. The molecular weight excluding hydrogens is 400 g/mol. The fourth-order valence-electron chi connectivity index (χ4n) is 4.03. The lowest BCUT2D eigenvalue weighted by molar-refractivity contribution is -0.121. The van der Waals surface area contributed by atoms with Crippen molar-refractivity contribution in [3.8, 4) is 5.75 Å². The van der Waals surface area contributed by atoms with Gasteiger partial charge in [-0.05, 0) is 69.2 Å². The van der Waals surface area contributed by atoms with Crippen LogP contribution in [0.25, 0.3) is 0 Å². The van der Waals surface area contributed by atoms with Gasteiger partial charge in [-0.15, -0.1) is 0 Å². The number of Topliss-reactive ketones (excluding diaryl/α,β-unsaturated/α-hetero) is 2. The molecule has 166 valence electrons. The lowest BCUT2D eigenvalue weighted by Crippen LogP contribution is -2.25. The van der Waals surface area contributed by atoms with Crippen LogP contribution in [0.3, 0.4) is 0 Å². The summed E-state index contributed by atoms with van der Waals surface area (Å²) >= 11 is 0. The third kappa shape index (κ3) is 4.98. The van der Waals surface area contributed by atoms with Gasteiger partial charge in [0.25, 0.3) is 0 Å². The number of rotatable bonds is 8. The van der Waals surface area contributed by atoms with Gasteiger partial charge in [0.05, 0.1) is 33.0 Å². The second-order valence-corrected chi connectivity index (χ2v) is 7.51. The fraction of sp³-hybridized carbons (Fsp3) is 0.458. The molecule has 2 aliphatic rings. The molecule has 0 radical (unpaired) electrons.